The van der Waals surface area contributed by atoms with Crippen LogP contribution in [0.15, 0.2) is 45.6 Å². The molecular weight excluding hydrogens is 244 g/mol. The molecule has 0 spiro atoms. The standard InChI is InChI=1S/2C5H4O3.2H3N/c2*6-5(7)4-2-1-3-8-4;;/h2*1-3H,(H,6,7);2*1H3. The molecule has 0 amide bonds. The Morgan fingerprint density at radius 2 is 1.17 bits per heavy atom. The summed E-state index contributed by atoms with van der Waals surface area (Å²) in [6.07, 6.45) is 2.65. The Balaban J connectivity index is 0. The minimum Gasteiger partial charge on any atom is -0.475 e. The number of hydrogen-bond donors (Lipinski definition) is 4. The first kappa shape index (κ1) is 17.8. The molecule has 0 unspecified atom stereocenters. The summed E-state index contributed by atoms with van der Waals surface area (Å²) in [6, 6.07) is 5.84. The molecule has 8 N–H and O–H groups in total. The van der Waals surface area contributed by atoms with Crippen LogP contribution in [-0.4, -0.2) is 22.2 Å². The zero-order valence-electron chi connectivity index (χ0n) is 9.41. The van der Waals surface area contributed by atoms with Gasteiger partial charge in [0, 0.05) is 0 Å². The van der Waals surface area contributed by atoms with Crippen molar-refractivity contribution in [3.63, 3.8) is 0 Å². The van der Waals surface area contributed by atoms with Gasteiger partial charge in [0.05, 0.1) is 12.5 Å². The molecule has 0 aliphatic carbocycles. The highest BCUT2D eigenvalue weighted by atomic mass is 16.4. The molecule has 0 fully saturated rings. The van der Waals surface area contributed by atoms with Crippen LogP contribution in [0.4, 0.5) is 0 Å². The topological polar surface area (TPSA) is 171 Å². The highest BCUT2D eigenvalue weighted by Crippen LogP contribution is 1.98. The van der Waals surface area contributed by atoms with Gasteiger partial charge >= 0.3 is 11.9 Å². The van der Waals surface area contributed by atoms with Crippen molar-refractivity contribution in [2.45, 2.75) is 0 Å². The summed E-state index contributed by atoms with van der Waals surface area (Å²) in [6.45, 7) is 0. The molecule has 0 saturated carbocycles. The maximum absolute atomic E-state index is 9.97. The van der Waals surface area contributed by atoms with Crippen molar-refractivity contribution < 1.29 is 28.6 Å². The largest absolute Gasteiger partial charge is 0.475 e. The van der Waals surface area contributed by atoms with Crippen LogP contribution in [0.25, 0.3) is 0 Å². The highest BCUT2D eigenvalue weighted by Gasteiger charge is 2.02. The molecule has 2 rings (SSSR count). The molecule has 0 aliphatic heterocycles. The lowest BCUT2D eigenvalue weighted by Gasteiger charge is -1.79. The highest BCUT2D eigenvalue weighted by molar-refractivity contribution is 5.84. The molecule has 2 aromatic heterocycles. The number of aromatic carboxylic acids is 2. The molecule has 2 heterocycles. The maximum atomic E-state index is 9.97. The molecule has 0 radical (unpaired) electrons. The van der Waals surface area contributed by atoms with E-state index in [-0.39, 0.29) is 23.8 Å². The van der Waals surface area contributed by atoms with E-state index in [1.807, 2.05) is 0 Å². The average molecular weight is 258 g/mol. The van der Waals surface area contributed by atoms with E-state index < -0.39 is 11.9 Å². The lowest BCUT2D eigenvalue weighted by molar-refractivity contribution is 0.0652. The van der Waals surface area contributed by atoms with Crippen LogP contribution in [-0.2, 0) is 0 Å². The van der Waals surface area contributed by atoms with Crippen LogP contribution in [0.5, 0.6) is 0 Å². The Labute approximate surface area is 102 Å². The molecule has 8 heteroatoms. The van der Waals surface area contributed by atoms with Gasteiger partial charge in [0.2, 0.25) is 11.5 Å². The van der Waals surface area contributed by atoms with Gasteiger partial charge in [-0.15, -0.1) is 0 Å². The second-order valence-corrected chi connectivity index (χ2v) is 2.56. The molecular formula is C10H14N2O6. The molecule has 2 aromatic rings. The monoisotopic (exact) mass is 258 g/mol. The predicted molar refractivity (Wildman–Crippen MR) is 61.4 cm³/mol. The third-order valence-corrected chi connectivity index (χ3v) is 1.46. The van der Waals surface area contributed by atoms with Crippen molar-refractivity contribution >= 4 is 11.9 Å². The lowest BCUT2D eigenvalue weighted by Crippen LogP contribution is -1.90. The summed E-state index contributed by atoms with van der Waals surface area (Å²) >= 11 is 0. The van der Waals surface area contributed by atoms with Crippen molar-refractivity contribution in [2.24, 2.45) is 0 Å². The van der Waals surface area contributed by atoms with E-state index in [1.165, 1.54) is 36.8 Å². The molecule has 18 heavy (non-hydrogen) atoms. The van der Waals surface area contributed by atoms with Gasteiger partial charge in [0.25, 0.3) is 0 Å². The van der Waals surface area contributed by atoms with E-state index in [1.54, 1.807) is 0 Å². The van der Waals surface area contributed by atoms with Gasteiger partial charge in [-0.3, -0.25) is 0 Å². The van der Waals surface area contributed by atoms with Crippen LogP contribution >= 0.6 is 0 Å². The van der Waals surface area contributed by atoms with Crippen LogP contribution in [0.1, 0.15) is 21.1 Å². The minimum absolute atomic E-state index is 0. The van der Waals surface area contributed by atoms with Crippen molar-refractivity contribution in [1.82, 2.24) is 12.3 Å². The van der Waals surface area contributed by atoms with Gasteiger partial charge in [0.15, 0.2) is 0 Å². The van der Waals surface area contributed by atoms with E-state index in [2.05, 4.69) is 8.83 Å². The average Bonchev–Trinajstić information content (AvgIpc) is 2.93. The van der Waals surface area contributed by atoms with Crippen molar-refractivity contribution in [3.8, 4) is 0 Å². The van der Waals surface area contributed by atoms with Crippen LogP contribution in [0.2, 0.25) is 0 Å². The van der Waals surface area contributed by atoms with Gasteiger partial charge in [-0.05, 0) is 24.3 Å². The zero-order valence-corrected chi connectivity index (χ0v) is 9.41. The van der Waals surface area contributed by atoms with Crippen molar-refractivity contribution in [1.29, 1.82) is 0 Å². The van der Waals surface area contributed by atoms with Crippen LogP contribution in [0.3, 0.4) is 0 Å². The summed E-state index contributed by atoms with van der Waals surface area (Å²) in [5.41, 5.74) is 0. The third-order valence-electron chi connectivity index (χ3n) is 1.46. The lowest BCUT2D eigenvalue weighted by atomic mass is 10.5. The first-order valence-electron chi connectivity index (χ1n) is 4.15. The first-order chi connectivity index (χ1) is 7.61. The van der Waals surface area contributed by atoms with Gasteiger partial charge in [0.1, 0.15) is 0 Å². The Morgan fingerprint density at radius 3 is 1.28 bits per heavy atom. The van der Waals surface area contributed by atoms with Crippen molar-refractivity contribution in [2.75, 3.05) is 0 Å². The molecule has 0 aromatic carbocycles. The Morgan fingerprint density at radius 1 is 0.833 bits per heavy atom. The molecule has 100 valence electrons. The number of carbonyl (C=O) groups is 2. The van der Waals surface area contributed by atoms with Crippen molar-refractivity contribution in [3.05, 3.63) is 48.3 Å². The fourth-order valence-electron chi connectivity index (χ4n) is 0.800. The number of carboxylic acids is 2. The Hall–Kier alpha value is -2.58. The molecule has 0 saturated heterocycles. The zero-order chi connectivity index (χ0) is 12.0. The fourth-order valence-corrected chi connectivity index (χ4v) is 0.800. The number of furan rings is 2. The van der Waals surface area contributed by atoms with E-state index in [4.69, 9.17) is 10.2 Å². The minimum atomic E-state index is -1.03. The maximum Gasteiger partial charge on any atom is 0.371 e. The quantitative estimate of drug-likeness (QED) is 0.634. The van der Waals surface area contributed by atoms with Gasteiger partial charge in [-0.1, -0.05) is 0 Å². The number of carboxylic acid groups (broad SMARTS) is 2. The van der Waals surface area contributed by atoms with Crippen LogP contribution in [0, 0.1) is 0 Å². The first-order valence-corrected chi connectivity index (χ1v) is 4.15. The number of hydrogen-bond acceptors (Lipinski definition) is 6. The predicted octanol–water partition coefficient (Wildman–Crippen LogP) is 2.28. The third kappa shape index (κ3) is 5.49. The van der Waals surface area contributed by atoms with E-state index in [0.29, 0.717) is 0 Å². The van der Waals surface area contributed by atoms with Gasteiger partial charge in [-0.25, -0.2) is 9.59 Å². The molecule has 0 aliphatic rings. The summed E-state index contributed by atoms with van der Waals surface area (Å²) in [5, 5.41) is 16.4. The van der Waals surface area contributed by atoms with E-state index in [9.17, 15) is 9.59 Å². The second kappa shape index (κ2) is 8.56. The molecule has 0 atom stereocenters. The molecule has 0 bridgehead atoms. The molecule has 8 nitrogen and oxygen atoms in total. The number of rotatable bonds is 2. The SMILES string of the molecule is N.N.O=C(O)c1ccco1.O=C(O)c1ccco1. The summed E-state index contributed by atoms with van der Waals surface area (Å²) in [7, 11) is 0. The van der Waals surface area contributed by atoms with Gasteiger partial charge in [-0.2, -0.15) is 0 Å². The fraction of sp³-hybridized carbons (Fsp3) is 0. The normalized spacial score (nSPS) is 8.00. The van der Waals surface area contributed by atoms with E-state index in [0.717, 1.165) is 0 Å². The van der Waals surface area contributed by atoms with E-state index >= 15 is 0 Å². The Kier molecular flexibility index (Phi) is 8.46. The van der Waals surface area contributed by atoms with Crippen LogP contribution < -0.4 is 12.3 Å². The second-order valence-electron chi connectivity index (χ2n) is 2.56. The smallest absolute Gasteiger partial charge is 0.371 e. The summed E-state index contributed by atoms with van der Waals surface area (Å²) < 4.78 is 8.99. The Bertz CT molecular complexity index is 404. The summed E-state index contributed by atoms with van der Waals surface area (Å²) in [5.74, 6) is -2.11. The summed E-state index contributed by atoms with van der Waals surface area (Å²) in [4.78, 5) is 19.9. The van der Waals surface area contributed by atoms with Gasteiger partial charge < -0.3 is 31.3 Å².